The lowest BCUT2D eigenvalue weighted by Crippen LogP contribution is -2.44. The Bertz CT molecular complexity index is 439. The van der Waals surface area contributed by atoms with Gasteiger partial charge in [0.15, 0.2) is 0 Å². The molecule has 0 aliphatic carbocycles. The monoisotopic (exact) mass is 309 g/mol. The van der Waals surface area contributed by atoms with Crippen LogP contribution in [0.25, 0.3) is 0 Å². The number of morpholine rings is 1. The molecule has 0 saturated carbocycles. The molecule has 1 fully saturated rings. The Morgan fingerprint density at radius 2 is 2.00 bits per heavy atom. The minimum atomic E-state index is -3.24. The maximum absolute atomic E-state index is 12.3. The molecule has 0 amide bonds. The second-order valence-corrected chi connectivity index (χ2v) is 8.45. The van der Waals surface area contributed by atoms with Crippen LogP contribution >= 0.6 is 0 Å². The first-order valence-electron chi connectivity index (χ1n) is 6.40. The van der Waals surface area contributed by atoms with E-state index in [0.29, 0.717) is 39.1 Å². The first-order valence-corrected chi connectivity index (χ1v) is 9.52. The van der Waals surface area contributed by atoms with Crippen LogP contribution in [0, 0.1) is 0 Å². The summed E-state index contributed by atoms with van der Waals surface area (Å²) in [5.41, 5.74) is 0.977. The Morgan fingerprint density at radius 3 is 2.53 bits per heavy atom. The summed E-state index contributed by atoms with van der Waals surface area (Å²) in [4.78, 5) is 0. The number of ether oxygens (including phenoxy) is 1. The van der Waals surface area contributed by atoms with Crippen LogP contribution in [-0.2, 0) is 25.6 Å². The van der Waals surface area contributed by atoms with Gasteiger partial charge < -0.3 is 4.74 Å². The Balaban J connectivity index is 2.56. The molecule has 0 N–H and O–H groups in total. The fourth-order valence-corrected chi connectivity index (χ4v) is 4.24. The van der Waals surface area contributed by atoms with Crippen LogP contribution in [0.2, 0.25) is 0 Å². The summed E-state index contributed by atoms with van der Waals surface area (Å²) in [6, 6.07) is 0. The molecule has 1 aliphatic rings. The van der Waals surface area contributed by atoms with Crippen LogP contribution in [-0.4, -0.2) is 54.7 Å². The molecular formula is C12H23NO4S2. The highest BCUT2D eigenvalue weighted by Gasteiger charge is 2.29. The summed E-state index contributed by atoms with van der Waals surface area (Å²) in [6.07, 6.45) is 2.82. The Kier molecular flexibility index (Phi) is 6.65. The summed E-state index contributed by atoms with van der Waals surface area (Å²) < 4.78 is 42.3. The summed E-state index contributed by atoms with van der Waals surface area (Å²) in [7, 11) is -4.21. The maximum Gasteiger partial charge on any atom is 0.216 e. The largest absolute Gasteiger partial charge is 0.379 e. The predicted octanol–water partition coefficient (Wildman–Crippen LogP) is 1.10. The molecule has 1 heterocycles. The van der Waals surface area contributed by atoms with Gasteiger partial charge in [0.05, 0.1) is 18.5 Å². The van der Waals surface area contributed by atoms with Crippen LogP contribution in [0.4, 0.5) is 0 Å². The fourth-order valence-electron chi connectivity index (χ4n) is 1.98. The van der Waals surface area contributed by atoms with Gasteiger partial charge in [-0.15, -0.1) is 0 Å². The Hall–Kier alpha value is -0.240. The molecule has 112 valence electrons. The molecule has 0 radical (unpaired) electrons. The molecule has 0 unspecified atom stereocenters. The number of hydrogen-bond donors (Lipinski definition) is 0. The van der Waals surface area contributed by atoms with Crippen molar-refractivity contribution in [1.29, 1.82) is 0 Å². The minimum Gasteiger partial charge on any atom is -0.379 e. The molecule has 5 nitrogen and oxygen atoms in total. The van der Waals surface area contributed by atoms with Gasteiger partial charge in [-0.3, -0.25) is 4.21 Å². The molecule has 19 heavy (non-hydrogen) atoms. The lowest BCUT2D eigenvalue weighted by Gasteiger charge is -2.28. The number of allylic oxidation sites excluding steroid dienone is 1. The Labute approximate surface area is 118 Å². The van der Waals surface area contributed by atoms with Gasteiger partial charge in [0, 0.05) is 35.6 Å². The predicted molar refractivity (Wildman–Crippen MR) is 77.8 cm³/mol. The standard InChI is InChI=1S/C12H23NO4S2/c1-11(10-18(3)14)4-5-12(2)19(15,16)13-6-8-17-9-7-13/h10,12H,4-9H2,1-3H3/b11-10+/t12-,18+/m0/s1. The molecule has 1 aliphatic heterocycles. The van der Waals surface area contributed by atoms with Crippen molar-refractivity contribution in [3.8, 4) is 0 Å². The zero-order valence-corrected chi connectivity index (χ0v) is 13.4. The molecule has 0 aromatic carbocycles. The second-order valence-electron chi connectivity index (χ2n) is 4.87. The fraction of sp³-hybridized carbons (Fsp3) is 0.833. The van der Waals surface area contributed by atoms with Gasteiger partial charge >= 0.3 is 0 Å². The van der Waals surface area contributed by atoms with E-state index in [-0.39, 0.29) is 0 Å². The quantitative estimate of drug-likeness (QED) is 0.737. The minimum absolute atomic E-state index is 0.417. The molecule has 0 aromatic rings. The van der Waals surface area contributed by atoms with Crippen LogP contribution in [0.15, 0.2) is 11.0 Å². The van der Waals surface area contributed by atoms with Crippen molar-refractivity contribution in [3.63, 3.8) is 0 Å². The summed E-state index contributed by atoms with van der Waals surface area (Å²) in [6.45, 7) is 5.46. The SMILES string of the molecule is C/C(=C\[S@@](C)=O)CC[C@H](C)S(=O)(=O)N1CCOCC1. The highest BCUT2D eigenvalue weighted by atomic mass is 32.2. The average Bonchev–Trinajstić information content (AvgIpc) is 2.36. The van der Waals surface area contributed by atoms with E-state index < -0.39 is 26.1 Å². The van der Waals surface area contributed by atoms with Gasteiger partial charge in [0.1, 0.15) is 0 Å². The van der Waals surface area contributed by atoms with Crippen molar-refractivity contribution in [2.45, 2.75) is 31.9 Å². The molecule has 1 rings (SSSR count). The second kappa shape index (κ2) is 7.52. The first-order chi connectivity index (χ1) is 8.84. The smallest absolute Gasteiger partial charge is 0.216 e. The van der Waals surface area contributed by atoms with Gasteiger partial charge in [-0.05, 0) is 26.7 Å². The molecule has 1 saturated heterocycles. The third kappa shape index (κ3) is 5.33. The summed E-state index contributed by atoms with van der Waals surface area (Å²) >= 11 is 0. The molecule has 0 bridgehead atoms. The zero-order chi connectivity index (χ0) is 14.5. The molecule has 2 atom stereocenters. The number of nitrogens with zero attached hydrogens (tertiary/aromatic N) is 1. The van der Waals surface area contributed by atoms with Crippen molar-refractivity contribution in [3.05, 3.63) is 11.0 Å². The number of sulfonamides is 1. The molecule has 0 aromatic heterocycles. The van der Waals surface area contributed by atoms with Crippen molar-refractivity contribution < 1.29 is 17.4 Å². The topological polar surface area (TPSA) is 63.7 Å². The third-order valence-corrected chi connectivity index (χ3v) is 6.22. The number of hydrogen-bond acceptors (Lipinski definition) is 4. The van der Waals surface area contributed by atoms with E-state index in [1.165, 1.54) is 4.31 Å². The lowest BCUT2D eigenvalue weighted by molar-refractivity contribution is 0.0726. The van der Waals surface area contributed by atoms with Gasteiger partial charge in [0.25, 0.3) is 0 Å². The van der Waals surface area contributed by atoms with E-state index in [9.17, 15) is 12.6 Å². The van der Waals surface area contributed by atoms with Crippen LogP contribution < -0.4 is 0 Å². The Morgan fingerprint density at radius 1 is 1.42 bits per heavy atom. The van der Waals surface area contributed by atoms with E-state index >= 15 is 0 Å². The highest BCUT2D eigenvalue weighted by Crippen LogP contribution is 2.18. The van der Waals surface area contributed by atoms with Gasteiger partial charge in [-0.2, -0.15) is 4.31 Å². The van der Waals surface area contributed by atoms with Gasteiger partial charge in [-0.25, -0.2) is 8.42 Å². The summed E-state index contributed by atoms with van der Waals surface area (Å²) in [5, 5.41) is 1.26. The van der Waals surface area contributed by atoms with Gasteiger partial charge in [-0.1, -0.05) is 5.57 Å². The van der Waals surface area contributed by atoms with Crippen molar-refractivity contribution in [1.82, 2.24) is 4.31 Å². The molecular weight excluding hydrogens is 286 g/mol. The normalized spacial score (nSPS) is 22.2. The van der Waals surface area contributed by atoms with Crippen molar-refractivity contribution in [2.75, 3.05) is 32.6 Å². The van der Waals surface area contributed by atoms with Crippen molar-refractivity contribution in [2.24, 2.45) is 0 Å². The lowest BCUT2D eigenvalue weighted by atomic mass is 10.1. The van der Waals surface area contributed by atoms with E-state index in [1.807, 2.05) is 6.92 Å². The van der Waals surface area contributed by atoms with Crippen molar-refractivity contribution >= 4 is 20.8 Å². The van der Waals surface area contributed by atoms with E-state index in [1.54, 1.807) is 18.6 Å². The van der Waals surface area contributed by atoms with E-state index in [4.69, 9.17) is 4.74 Å². The molecule has 0 spiro atoms. The van der Waals surface area contributed by atoms with E-state index in [2.05, 4.69) is 0 Å². The molecule has 7 heteroatoms. The maximum atomic E-state index is 12.3. The van der Waals surface area contributed by atoms with E-state index in [0.717, 1.165) is 5.57 Å². The first kappa shape index (κ1) is 16.8. The van der Waals surface area contributed by atoms with Crippen LogP contribution in [0.3, 0.4) is 0 Å². The number of rotatable bonds is 6. The third-order valence-electron chi connectivity index (χ3n) is 3.15. The van der Waals surface area contributed by atoms with Gasteiger partial charge in [0.2, 0.25) is 10.0 Å². The summed E-state index contributed by atoms with van der Waals surface area (Å²) in [5.74, 6) is 0. The van der Waals surface area contributed by atoms with Crippen LogP contribution in [0.1, 0.15) is 26.7 Å². The average molecular weight is 309 g/mol. The highest BCUT2D eigenvalue weighted by molar-refractivity contribution is 7.89. The van der Waals surface area contributed by atoms with Crippen LogP contribution in [0.5, 0.6) is 0 Å². The zero-order valence-electron chi connectivity index (χ0n) is 11.8.